The van der Waals surface area contributed by atoms with Gasteiger partial charge >= 0.3 is 0 Å². The highest BCUT2D eigenvalue weighted by Gasteiger charge is 2.11. The molecular formula is C72H69N15O3. The predicted molar refractivity (Wildman–Crippen MR) is 368 cm³/mol. The number of aromatic hydroxyl groups is 3. The number of phenolic OH excluding ortho intramolecular Hbond substituents is 3. The van der Waals surface area contributed by atoms with Crippen LogP contribution < -0.4 is 31.9 Å². The minimum atomic E-state index is 0.237. The summed E-state index contributed by atoms with van der Waals surface area (Å²) < 4.78 is 0. The standard InChI is InChI=1S/3C13H11N3.3C11H12N2O/c2*1-14-11-8-9-4-2-6-15-12(9)13-10(11)5-3-7-16-13;1-14-11-7-10-5-4-9-3-2-6-15-12(9)13(10)16-8-11;1-12-7-8-4-5-10(14)11-9(8)3-2-6-13-11;1-12-7-9-5-4-8-3-2-6-13-10(8)11(9)14;1-12-7-8-5-9-3-2-4-13-11(9)10(14)6-8/h3*2-8,14H,1H3;3*2-6,12,14H,7H2,1H3. The second-order valence-electron chi connectivity index (χ2n) is 20.6. The summed E-state index contributed by atoms with van der Waals surface area (Å²) in [7, 11) is 11.4. The van der Waals surface area contributed by atoms with E-state index in [0.29, 0.717) is 23.1 Å². The lowest BCUT2D eigenvalue weighted by Gasteiger charge is -2.07. The zero-order valence-electron chi connectivity index (χ0n) is 50.8. The molecule has 0 amide bonds. The third-order valence-corrected chi connectivity index (χ3v) is 14.7. The SMILES string of the molecule is CNCc1cc(O)c2ncccc2c1.CNCc1ccc(O)c2ncccc12.CNCc1ccc2cccnc2c1O.CNc1cc2cccnc2c2ncccc12.CNc1cc2cccnc2c2ncccc12.CNc1cnc2c(ccc3cccnc32)c1. The number of benzene rings is 6. The Labute approximate surface area is 520 Å². The Morgan fingerprint density at radius 2 is 0.700 bits per heavy atom. The molecule has 0 saturated carbocycles. The number of fused-ring (bicyclic) bond motifs is 12. The summed E-state index contributed by atoms with van der Waals surface area (Å²) >= 11 is 0. The van der Waals surface area contributed by atoms with Gasteiger partial charge in [0.15, 0.2) is 0 Å². The molecule has 0 saturated heterocycles. The van der Waals surface area contributed by atoms with E-state index in [1.807, 2.05) is 139 Å². The molecule has 18 heteroatoms. The van der Waals surface area contributed by atoms with Crippen LogP contribution in [0.4, 0.5) is 17.1 Å². The number of phenols is 3. The minimum Gasteiger partial charge on any atom is -0.506 e. The van der Waals surface area contributed by atoms with Crippen molar-refractivity contribution in [1.82, 2.24) is 60.8 Å². The molecular weight excluding hydrogens is 1120 g/mol. The highest BCUT2D eigenvalue weighted by molar-refractivity contribution is 6.10. The van der Waals surface area contributed by atoms with Crippen LogP contribution in [0.5, 0.6) is 17.2 Å². The van der Waals surface area contributed by atoms with Gasteiger partial charge in [0.25, 0.3) is 0 Å². The molecule has 0 unspecified atom stereocenters. The van der Waals surface area contributed by atoms with Crippen molar-refractivity contribution >= 4 is 115 Å². The number of nitrogens with zero attached hydrogens (tertiary/aromatic N) is 9. The molecule has 0 atom stereocenters. The first kappa shape index (κ1) is 61.8. The van der Waals surface area contributed by atoms with Gasteiger partial charge in [-0.1, -0.05) is 66.7 Å². The monoisotopic (exact) mass is 1190 g/mol. The number of hydrogen-bond acceptors (Lipinski definition) is 18. The highest BCUT2D eigenvalue weighted by atomic mass is 16.3. The molecule has 15 aromatic rings. The molecule has 0 aliphatic rings. The van der Waals surface area contributed by atoms with Crippen molar-refractivity contribution in [2.24, 2.45) is 0 Å². The van der Waals surface area contributed by atoms with E-state index in [-0.39, 0.29) is 17.2 Å². The van der Waals surface area contributed by atoms with E-state index < -0.39 is 0 Å². The summed E-state index contributed by atoms with van der Waals surface area (Å²) in [6.07, 6.45) is 15.9. The van der Waals surface area contributed by atoms with Crippen LogP contribution in [0.25, 0.3) is 98.1 Å². The number of pyridine rings is 9. The van der Waals surface area contributed by atoms with Crippen molar-refractivity contribution in [3.05, 3.63) is 236 Å². The van der Waals surface area contributed by atoms with Crippen molar-refractivity contribution in [2.45, 2.75) is 19.6 Å². The van der Waals surface area contributed by atoms with Crippen molar-refractivity contribution in [3.8, 4) is 17.2 Å². The smallest absolute Gasteiger partial charge is 0.146 e. The third-order valence-electron chi connectivity index (χ3n) is 14.7. The summed E-state index contributed by atoms with van der Waals surface area (Å²) in [5.41, 5.74) is 14.0. The Balaban J connectivity index is 0.000000119. The fourth-order valence-electron chi connectivity index (χ4n) is 10.4. The first-order valence-corrected chi connectivity index (χ1v) is 29.2. The van der Waals surface area contributed by atoms with Crippen LogP contribution in [0.1, 0.15) is 16.7 Å². The molecule has 0 aliphatic carbocycles. The lowest BCUT2D eigenvalue weighted by atomic mass is 10.1. The average Bonchev–Trinajstić information content (AvgIpc) is 1.41. The Kier molecular flexibility index (Phi) is 20.5. The predicted octanol–water partition coefficient (Wildman–Crippen LogP) is 13.5. The molecule has 90 heavy (non-hydrogen) atoms. The van der Waals surface area contributed by atoms with Crippen LogP contribution in [0, 0.1) is 0 Å². The normalized spacial score (nSPS) is 10.7. The first-order valence-electron chi connectivity index (χ1n) is 29.2. The average molecular weight is 1190 g/mol. The molecule has 0 bridgehead atoms. The summed E-state index contributed by atoms with van der Waals surface area (Å²) in [6, 6.07) is 53.1. The maximum absolute atomic E-state index is 9.88. The molecule has 9 aromatic heterocycles. The molecule has 0 spiro atoms. The Morgan fingerprint density at radius 3 is 1.24 bits per heavy atom. The van der Waals surface area contributed by atoms with E-state index in [4.69, 9.17) is 0 Å². The van der Waals surface area contributed by atoms with Crippen LogP contribution in [0.15, 0.2) is 220 Å². The van der Waals surface area contributed by atoms with Gasteiger partial charge in [0, 0.05) is 156 Å². The zero-order chi connectivity index (χ0) is 62.8. The van der Waals surface area contributed by atoms with Gasteiger partial charge in [0.2, 0.25) is 0 Å². The van der Waals surface area contributed by atoms with E-state index in [1.54, 1.807) is 61.7 Å². The van der Waals surface area contributed by atoms with Gasteiger partial charge in [-0.2, -0.15) is 0 Å². The molecule has 15 rings (SSSR count). The Hall–Kier alpha value is -11.3. The third kappa shape index (κ3) is 14.2. The summed E-state index contributed by atoms with van der Waals surface area (Å²) in [6.45, 7) is 2.18. The molecule has 6 aromatic carbocycles. The van der Waals surface area contributed by atoms with Gasteiger partial charge in [0.05, 0.1) is 45.0 Å². The molecule has 18 nitrogen and oxygen atoms in total. The van der Waals surface area contributed by atoms with Crippen LogP contribution in [0.2, 0.25) is 0 Å². The number of hydrogen-bond donors (Lipinski definition) is 9. The number of anilines is 3. The molecule has 0 radical (unpaired) electrons. The van der Waals surface area contributed by atoms with Crippen LogP contribution in [0.3, 0.4) is 0 Å². The Morgan fingerprint density at radius 1 is 0.300 bits per heavy atom. The van der Waals surface area contributed by atoms with E-state index in [0.717, 1.165) is 128 Å². The van der Waals surface area contributed by atoms with E-state index in [9.17, 15) is 15.3 Å². The second kappa shape index (κ2) is 29.9. The first-order chi connectivity index (χ1) is 44.1. The number of rotatable bonds is 9. The second-order valence-corrected chi connectivity index (χ2v) is 20.6. The van der Waals surface area contributed by atoms with Crippen molar-refractivity contribution in [1.29, 1.82) is 0 Å². The summed E-state index contributed by atoms with van der Waals surface area (Å²) in [5, 5.41) is 57.4. The van der Waals surface area contributed by atoms with Gasteiger partial charge in [0.1, 0.15) is 33.8 Å². The molecule has 0 aliphatic heterocycles. The van der Waals surface area contributed by atoms with Gasteiger partial charge in [-0.25, -0.2) is 0 Å². The number of nitrogens with one attached hydrogen (secondary N) is 6. The largest absolute Gasteiger partial charge is 0.506 e. The van der Waals surface area contributed by atoms with Gasteiger partial charge in [-0.15, -0.1) is 0 Å². The molecule has 9 heterocycles. The maximum Gasteiger partial charge on any atom is 0.146 e. The van der Waals surface area contributed by atoms with Crippen LogP contribution in [-0.4, -0.2) is 102 Å². The lowest BCUT2D eigenvalue weighted by molar-refractivity contribution is 0.471. The van der Waals surface area contributed by atoms with Crippen molar-refractivity contribution in [2.75, 3.05) is 58.2 Å². The fraction of sp³-hybridized carbons (Fsp3) is 0.125. The topological polar surface area (TPSA) is 249 Å². The lowest BCUT2D eigenvalue weighted by Crippen LogP contribution is -2.05. The van der Waals surface area contributed by atoms with Gasteiger partial charge < -0.3 is 47.2 Å². The van der Waals surface area contributed by atoms with E-state index in [1.165, 1.54) is 0 Å². The van der Waals surface area contributed by atoms with Gasteiger partial charge in [-0.05, 0) is 129 Å². The zero-order valence-corrected chi connectivity index (χ0v) is 50.8. The van der Waals surface area contributed by atoms with Crippen LogP contribution >= 0.6 is 0 Å². The summed E-state index contributed by atoms with van der Waals surface area (Å²) in [4.78, 5) is 38.9. The van der Waals surface area contributed by atoms with E-state index >= 15 is 0 Å². The minimum absolute atomic E-state index is 0.237. The maximum atomic E-state index is 9.88. The van der Waals surface area contributed by atoms with Crippen LogP contribution in [-0.2, 0) is 19.6 Å². The molecule has 450 valence electrons. The highest BCUT2D eigenvalue weighted by Crippen LogP contribution is 2.32. The summed E-state index contributed by atoms with van der Waals surface area (Å²) in [5.74, 6) is 0.756. The Bertz CT molecular complexity index is 4810. The molecule has 0 fully saturated rings. The van der Waals surface area contributed by atoms with Crippen molar-refractivity contribution in [3.63, 3.8) is 0 Å². The number of aromatic nitrogens is 9. The quantitative estimate of drug-likeness (QED) is 0.0610. The van der Waals surface area contributed by atoms with Gasteiger partial charge in [-0.3, -0.25) is 44.9 Å². The van der Waals surface area contributed by atoms with E-state index in [2.05, 4.69) is 137 Å². The molecule has 9 N–H and O–H groups in total. The van der Waals surface area contributed by atoms with Crippen molar-refractivity contribution < 1.29 is 15.3 Å². The fourth-order valence-corrected chi connectivity index (χ4v) is 10.4.